The van der Waals surface area contributed by atoms with E-state index in [2.05, 4.69) is 21.1 Å². The van der Waals surface area contributed by atoms with Crippen molar-refractivity contribution < 1.29 is 9.63 Å². The van der Waals surface area contributed by atoms with Crippen molar-refractivity contribution in [2.45, 2.75) is 19.4 Å². The van der Waals surface area contributed by atoms with Gasteiger partial charge in [0.25, 0.3) is 0 Å². The third-order valence-electron chi connectivity index (χ3n) is 1.09. The Labute approximate surface area is 61.2 Å². The van der Waals surface area contributed by atoms with Crippen molar-refractivity contribution in [3.05, 3.63) is 0 Å². The maximum absolute atomic E-state index is 10.6. The lowest BCUT2D eigenvalue weighted by Gasteiger charge is -1.99. The van der Waals surface area contributed by atoms with E-state index in [-0.39, 0.29) is 11.9 Å². The highest BCUT2D eigenvalue weighted by atomic mass is 79.9. The van der Waals surface area contributed by atoms with Crippen LogP contribution in [-0.2, 0) is 9.63 Å². The third kappa shape index (κ3) is 1.51. The van der Waals surface area contributed by atoms with Crippen LogP contribution in [0.4, 0.5) is 0 Å². The van der Waals surface area contributed by atoms with Gasteiger partial charge in [-0.2, -0.15) is 0 Å². The molecule has 1 heterocycles. The molecule has 3 nitrogen and oxygen atoms in total. The molecule has 0 radical (unpaired) electrons. The number of rotatable bonds is 1. The summed E-state index contributed by atoms with van der Waals surface area (Å²) in [5.74, 6) is 0.0215. The Morgan fingerprint density at radius 3 is 2.89 bits per heavy atom. The highest BCUT2D eigenvalue weighted by Gasteiger charge is 2.22. The van der Waals surface area contributed by atoms with Gasteiger partial charge in [-0.1, -0.05) is 5.16 Å². The van der Waals surface area contributed by atoms with E-state index in [0.29, 0.717) is 11.0 Å². The van der Waals surface area contributed by atoms with E-state index >= 15 is 0 Å². The molecule has 0 saturated heterocycles. The van der Waals surface area contributed by atoms with Gasteiger partial charge in [0.15, 0.2) is 11.9 Å². The predicted molar refractivity (Wildman–Crippen MR) is 36.5 cm³/mol. The maximum Gasteiger partial charge on any atom is 0.191 e. The Bertz CT molecular complexity index is 166. The van der Waals surface area contributed by atoms with E-state index in [0.717, 1.165) is 0 Å². The Morgan fingerprint density at radius 1 is 2.00 bits per heavy atom. The van der Waals surface area contributed by atoms with Crippen molar-refractivity contribution in [1.29, 1.82) is 0 Å². The molecule has 0 aromatic rings. The number of hydrogen-bond donors (Lipinski definition) is 0. The summed E-state index contributed by atoms with van der Waals surface area (Å²) in [6.07, 6.45) is 0.231. The van der Waals surface area contributed by atoms with Crippen LogP contribution in [0.5, 0.6) is 0 Å². The Balaban J connectivity index is 2.47. The second kappa shape index (κ2) is 2.47. The number of carbonyl (C=O) groups is 1. The van der Waals surface area contributed by atoms with Crippen molar-refractivity contribution in [1.82, 2.24) is 0 Å². The van der Waals surface area contributed by atoms with Crippen molar-refractivity contribution in [2.75, 3.05) is 0 Å². The zero-order valence-electron chi connectivity index (χ0n) is 4.93. The number of carbonyl (C=O) groups excluding carboxylic acids is 1. The number of hydrogen-bond acceptors (Lipinski definition) is 3. The van der Waals surface area contributed by atoms with Crippen molar-refractivity contribution in [2.24, 2.45) is 5.16 Å². The van der Waals surface area contributed by atoms with Crippen molar-refractivity contribution in [3.63, 3.8) is 0 Å². The van der Waals surface area contributed by atoms with Gasteiger partial charge in [-0.05, 0) is 22.9 Å². The number of oxime groups is 1. The first-order valence-corrected chi connectivity index (χ1v) is 3.38. The largest absolute Gasteiger partial charge is 0.383 e. The van der Waals surface area contributed by atoms with Crippen LogP contribution in [0, 0.1) is 0 Å². The van der Waals surface area contributed by atoms with E-state index < -0.39 is 0 Å². The van der Waals surface area contributed by atoms with Gasteiger partial charge in [-0.15, -0.1) is 0 Å². The molecule has 0 N–H and O–H groups in total. The molecule has 1 aliphatic rings. The molecule has 9 heavy (non-hydrogen) atoms. The van der Waals surface area contributed by atoms with E-state index in [9.17, 15) is 4.79 Å². The molecule has 4 heteroatoms. The molecular weight excluding hydrogens is 186 g/mol. The summed E-state index contributed by atoms with van der Waals surface area (Å²) in [5, 5.41) is 3.55. The smallest absolute Gasteiger partial charge is 0.191 e. The standard InChI is InChI=1S/C5H6BrNO2/c1-3(8)4-2-5(6)7-9-4/h4H,2H2,1H3. The summed E-state index contributed by atoms with van der Waals surface area (Å²) in [7, 11) is 0. The number of ketones is 1. The van der Waals surface area contributed by atoms with Gasteiger partial charge in [0.1, 0.15) is 4.62 Å². The summed E-state index contributed by atoms with van der Waals surface area (Å²) in [6.45, 7) is 1.49. The Kier molecular flexibility index (Phi) is 1.85. The quantitative estimate of drug-likeness (QED) is 0.623. The predicted octanol–water partition coefficient (Wildman–Crippen LogP) is 1.07. The molecule has 0 aromatic carbocycles. The molecular formula is C5H6BrNO2. The molecule has 1 rings (SSSR count). The number of nitrogens with zero attached hydrogens (tertiary/aromatic N) is 1. The molecule has 1 unspecified atom stereocenters. The minimum atomic E-state index is -0.348. The number of Topliss-reactive ketones (excluding diaryl/α,β-unsaturated/α-hetero) is 1. The summed E-state index contributed by atoms with van der Waals surface area (Å²) in [5.41, 5.74) is 0. The fraction of sp³-hybridized carbons (Fsp3) is 0.600. The van der Waals surface area contributed by atoms with Gasteiger partial charge in [0.05, 0.1) is 0 Å². The Morgan fingerprint density at radius 2 is 2.67 bits per heavy atom. The van der Waals surface area contributed by atoms with Crippen LogP contribution in [0.1, 0.15) is 13.3 Å². The minimum absolute atomic E-state index is 0.0215. The average molecular weight is 192 g/mol. The summed E-state index contributed by atoms with van der Waals surface area (Å²) < 4.78 is 0.711. The van der Waals surface area contributed by atoms with Crippen molar-refractivity contribution in [3.8, 4) is 0 Å². The van der Waals surface area contributed by atoms with Crippen LogP contribution in [0.2, 0.25) is 0 Å². The van der Waals surface area contributed by atoms with E-state index in [1.165, 1.54) is 6.92 Å². The molecule has 0 spiro atoms. The third-order valence-corrected chi connectivity index (χ3v) is 1.55. The van der Waals surface area contributed by atoms with E-state index in [4.69, 9.17) is 4.84 Å². The molecule has 0 bridgehead atoms. The monoisotopic (exact) mass is 191 g/mol. The first-order chi connectivity index (χ1) is 4.20. The highest BCUT2D eigenvalue weighted by Crippen LogP contribution is 2.14. The van der Waals surface area contributed by atoms with Gasteiger partial charge >= 0.3 is 0 Å². The van der Waals surface area contributed by atoms with Crippen LogP contribution in [0.15, 0.2) is 5.16 Å². The molecule has 0 fully saturated rings. The SMILES string of the molecule is CC(=O)C1CC(Br)=NO1. The van der Waals surface area contributed by atoms with Gasteiger partial charge in [-0.25, -0.2) is 0 Å². The molecule has 0 amide bonds. The molecule has 50 valence electrons. The average Bonchev–Trinajstić information content (AvgIpc) is 2.14. The van der Waals surface area contributed by atoms with Gasteiger partial charge in [0.2, 0.25) is 0 Å². The normalized spacial score (nSPS) is 25.1. The second-order valence-corrected chi connectivity index (χ2v) is 2.79. The van der Waals surface area contributed by atoms with E-state index in [1.54, 1.807) is 0 Å². The van der Waals surface area contributed by atoms with Gasteiger partial charge in [0, 0.05) is 6.42 Å². The van der Waals surface area contributed by atoms with Gasteiger partial charge < -0.3 is 4.84 Å². The van der Waals surface area contributed by atoms with Crippen LogP contribution >= 0.6 is 15.9 Å². The summed E-state index contributed by atoms with van der Waals surface area (Å²) in [4.78, 5) is 15.3. The lowest BCUT2D eigenvalue weighted by Crippen LogP contribution is -2.15. The number of halogens is 1. The lowest BCUT2D eigenvalue weighted by molar-refractivity contribution is -0.126. The molecule has 1 aliphatic heterocycles. The minimum Gasteiger partial charge on any atom is -0.383 e. The highest BCUT2D eigenvalue weighted by molar-refractivity contribution is 9.18. The first kappa shape index (κ1) is 6.74. The second-order valence-electron chi connectivity index (χ2n) is 1.88. The summed E-state index contributed by atoms with van der Waals surface area (Å²) >= 11 is 3.12. The van der Waals surface area contributed by atoms with Crippen LogP contribution in [0.25, 0.3) is 0 Å². The van der Waals surface area contributed by atoms with Crippen molar-refractivity contribution >= 4 is 26.3 Å². The molecule has 0 aromatic heterocycles. The van der Waals surface area contributed by atoms with Crippen LogP contribution in [-0.4, -0.2) is 16.5 Å². The fourth-order valence-corrected chi connectivity index (χ4v) is 0.944. The van der Waals surface area contributed by atoms with Gasteiger partial charge in [-0.3, -0.25) is 4.79 Å². The molecule has 1 atom stereocenters. The molecule has 0 aliphatic carbocycles. The Hall–Kier alpha value is -0.380. The van der Waals surface area contributed by atoms with Crippen LogP contribution < -0.4 is 0 Å². The van der Waals surface area contributed by atoms with Crippen LogP contribution in [0.3, 0.4) is 0 Å². The first-order valence-electron chi connectivity index (χ1n) is 2.59. The maximum atomic E-state index is 10.6. The topological polar surface area (TPSA) is 38.7 Å². The zero-order chi connectivity index (χ0) is 6.85. The van der Waals surface area contributed by atoms with E-state index in [1.807, 2.05) is 0 Å². The fourth-order valence-electron chi connectivity index (χ4n) is 0.566. The molecule has 0 saturated carbocycles. The zero-order valence-corrected chi connectivity index (χ0v) is 6.51. The summed E-state index contributed by atoms with van der Waals surface area (Å²) in [6, 6.07) is 0. The lowest BCUT2D eigenvalue weighted by atomic mass is 10.2.